The molecule has 0 radical (unpaired) electrons. The van der Waals surface area contributed by atoms with Gasteiger partial charge in [0, 0.05) is 31.0 Å². The Hall–Kier alpha value is -1.36. The van der Waals surface area contributed by atoms with Crippen molar-refractivity contribution >= 4 is 5.91 Å². The summed E-state index contributed by atoms with van der Waals surface area (Å²) in [5.41, 5.74) is 0. The van der Waals surface area contributed by atoms with Crippen molar-refractivity contribution in [2.24, 2.45) is 0 Å². The number of hydrogen-bond donors (Lipinski definition) is 1. The van der Waals surface area contributed by atoms with Gasteiger partial charge < -0.3 is 10.2 Å². The molecule has 2 aliphatic rings. The number of nitrogens with one attached hydrogen (secondary N) is 1. The van der Waals surface area contributed by atoms with Gasteiger partial charge in [-0.15, -0.1) is 0 Å². The van der Waals surface area contributed by atoms with Crippen LogP contribution in [0.5, 0.6) is 0 Å². The average Bonchev–Trinajstić information content (AvgIpc) is 3.04. The van der Waals surface area contributed by atoms with Gasteiger partial charge in [0.2, 0.25) is 5.91 Å². The van der Waals surface area contributed by atoms with E-state index in [0.29, 0.717) is 18.1 Å². The molecule has 1 N–H and O–H groups in total. The molecule has 22 heavy (non-hydrogen) atoms. The van der Waals surface area contributed by atoms with E-state index in [4.69, 9.17) is 0 Å². The Kier molecular flexibility index (Phi) is 4.81. The summed E-state index contributed by atoms with van der Waals surface area (Å²) in [5.74, 6) is 0.283. The largest absolute Gasteiger partial charge is 0.339 e. The second-order valence-electron chi connectivity index (χ2n) is 6.93. The summed E-state index contributed by atoms with van der Waals surface area (Å²) >= 11 is 0. The van der Waals surface area contributed by atoms with Crippen LogP contribution in [0.15, 0.2) is 18.5 Å². The summed E-state index contributed by atoms with van der Waals surface area (Å²) in [6.45, 7) is 5.11. The molecule has 0 aromatic carbocycles. The zero-order chi connectivity index (χ0) is 15.5. The fourth-order valence-corrected chi connectivity index (χ4v) is 3.92. The molecule has 0 unspecified atom stereocenters. The molecule has 1 aliphatic carbocycles. The summed E-state index contributed by atoms with van der Waals surface area (Å²) in [6.07, 6.45) is 10.7. The van der Waals surface area contributed by atoms with Crippen LogP contribution in [-0.2, 0) is 4.79 Å². The molecule has 5 heteroatoms. The van der Waals surface area contributed by atoms with Gasteiger partial charge in [0.15, 0.2) is 0 Å². The quantitative estimate of drug-likeness (QED) is 0.929. The first-order valence-corrected chi connectivity index (χ1v) is 8.72. The first-order chi connectivity index (χ1) is 10.7. The standard InChI is InChI=1S/C17H28N4O/c1-13(2)20-11-5-8-15(17(20)22)19-14-7-3-4-9-16(14)21-12-6-10-18-21/h6,10,12-16,19H,3-5,7-9,11H2,1-2H3/t14-,15-,16-/m0/s1. The van der Waals surface area contributed by atoms with Crippen LogP contribution < -0.4 is 5.32 Å². The summed E-state index contributed by atoms with van der Waals surface area (Å²) in [6, 6.07) is 3.00. The number of amides is 1. The van der Waals surface area contributed by atoms with Gasteiger partial charge in [0.25, 0.3) is 0 Å². The predicted molar refractivity (Wildman–Crippen MR) is 86.5 cm³/mol. The maximum atomic E-state index is 12.7. The molecular weight excluding hydrogens is 276 g/mol. The lowest BCUT2D eigenvalue weighted by Crippen LogP contribution is -2.56. The lowest BCUT2D eigenvalue weighted by molar-refractivity contribution is -0.138. The second-order valence-corrected chi connectivity index (χ2v) is 6.93. The van der Waals surface area contributed by atoms with Crippen LogP contribution in [0.2, 0.25) is 0 Å². The van der Waals surface area contributed by atoms with Gasteiger partial charge in [-0.2, -0.15) is 5.10 Å². The van der Waals surface area contributed by atoms with Gasteiger partial charge in [0.1, 0.15) is 0 Å². The Bertz CT molecular complexity index is 485. The molecule has 1 amide bonds. The maximum absolute atomic E-state index is 12.7. The molecule has 2 heterocycles. The molecule has 3 rings (SSSR count). The van der Waals surface area contributed by atoms with Crippen LogP contribution >= 0.6 is 0 Å². The number of nitrogens with zero attached hydrogens (tertiary/aromatic N) is 3. The predicted octanol–water partition coefficient (Wildman–Crippen LogP) is 2.36. The van der Waals surface area contributed by atoms with Crippen LogP contribution in [0.25, 0.3) is 0 Å². The Balaban J connectivity index is 1.69. The van der Waals surface area contributed by atoms with E-state index < -0.39 is 0 Å². The molecule has 2 fully saturated rings. The molecule has 1 aliphatic heterocycles. The Morgan fingerprint density at radius 1 is 1.23 bits per heavy atom. The highest BCUT2D eigenvalue weighted by Gasteiger charge is 2.35. The van der Waals surface area contributed by atoms with E-state index in [2.05, 4.69) is 28.9 Å². The van der Waals surface area contributed by atoms with E-state index in [0.717, 1.165) is 32.2 Å². The highest BCUT2D eigenvalue weighted by atomic mass is 16.2. The van der Waals surface area contributed by atoms with Crippen molar-refractivity contribution in [3.63, 3.8) is 0 Å². The van der Waals surface area contributed by atoms with E-state index in [9.17, 15) is 4.79 Å². The molecule has 1 aromatic rings. The third-order valence-corrected chi connectivity index (χ3v) is 5.11. The lowest BCUT2D eigenvalue weighted by atomic mass is 9.89. The molecular formula is C17H28N4O. The van der Waals surface area contributed by atoms with E-state index in [1.165, 1.54) is 12.8 Å². The number of hydrogen-bond acceptors (Lipinski definition) is 3. The van der Waals surface area contributed by atoms with Gasteiger partial charge in [-0.3, -0.25) is 9.48 Å². The van der Waals surface area contributed by atoms with Crippen LogP contribution in [0.4, 0.5) is 0 Å². The van der Waals surface area contributed by atoms with Crippen molar-refractivity contribution in [1.29, 1.82) is 0 Å². The van der Waals surface area contributed by atoms with Gasteiger partial charge in [-0.25, -0.2) is 0 Å². The summed E-state index contributed by atoms with van der Waals surface area (Å²) < 4.78 is 2.07. The zero-order valence-corrected chi connectivity index (χ0v) is 13.7. The minimum Gasteiger partial charge on any atom is -0.339 e. The fourth-order valence-electron chi connectivity index (χ4n) is 3.92. The van der Waals surface area contributed by atoms with Gasteiger partial charge in [0.05, 0.1) is 12.1 Å². The molecule has 0 spiro atoms. The van der Waals surface area contributed by atoms with Crippen LogP contribution in [-0.4, -0.2) is 45.3 Å². The Labute approximate surface area is 133 Å². The van der Waals surface area contributed by atoms with Crippen molar-refractivity contribution in [2.45, 2.75) is 76.5 Å². The Morgan fingerprint density at radius 2 is 2.05 bits per heavy atom. The maximum Gasteiger partial charge on any atom is 0.239 e. The summed E-state index contributed by atoms with van der Waals surface area (Å²) in [7, 11) is 0. The third kappa shape index (κ3) is 3.19. The molecule has 1 aromatic heterocycles. The van der Waals surface area contributed by atoms with Crippen molar-refractivity contribution in [1.82, 2.24) is 20.0 Å². The normalized spacial score (nSPS) is 30.0. The molecule has 122 valence electrons. The molecule has 1 saturated heterocycles. The second kappa shape index (κ2) is 6.82. The number of aromatic nitrogens is 2. The van der Waals surface area contributed by atoms with E-state index in [-0.39, 0.29) is 11.9 Å². The third-order valence-electron chi connectivity index (χ3n) is 5.11. The SMILES string of the molecule is CC(C)N1CCC[C@H](N[C@H]2CCCC[C@@H]2n2cccn2)C1=O. The minimum absolute atomic E-state index is 0.0164. The van der Waals surface area contributed by atoms with E-state index in [1.54, 1.807) is 0 Å². The molecule has 1 saturated carbocycles. The van der Waals surface area contributed by atoms with Crippen molar-refractivity contribution in [3.8, 4) is 0 Å². The number of likely N-dealkylation sites (tertiary alicyclic amines) is 1. The molecule has 0 bridgehead atoms. The monoisotopic (exact) mass is 304 g/mol. The topological polar surface area (TPSA) is 50.2 Å². The van der Waals surface area contributed by atoms with Crippen LogP contribution in [0, 0.1) is 0 Å². The van der Waals surface area contributed by atoms with Gasteiger partial charge >= 0.3 is 0 Å². The minimum atomic E-state index is -0.0164. The highest BCUT2D eigenvalue weighted by Crippen LogP contribution is 2.29. The molecule has 5 nitrogen and oxygen atoms in total. The van der Waals surface area contributed by atoms with Gasteiger partial charge in [-0.1, -0.05) is 12.8 Å². The lowest BCUT2D eigenvalue weighted by Gasteiger charge is -2.40. The number of carbonyl (C=O) groups is 1. The van der Waals surface area contributed by atoms with Gasteiger partial charge in [-0.05, 0) is 45.6 Å². The number of carbonyl (C=O) groups excluding carboxylic acids is 1. The fraction of sp³-hybridized carbons (Fsp3) is 0.765. The van der Waals surface area contributed by atoms with E-state index in [1.807, 2.05) is 23.4 Å². The number of rotatable bonds is 4. The summed E-state index contributed by atoms with van der Waals surface area (Å²) in [4.78, 5) is 14.7. The highest BCUT2D eigenvalue weighted by molar-refractivity contribution is 5.82. The van der Waals surface area contributed by atoms with Crippen molar-refractivity contribution < 1.29 is 4.79 Å². The summed E-state index contributed by atoms with van der Waals surface area (Å²) in [5, 5.41) is 8.11. The first-order valence-electron chi connectivity index (χ1n) is 8.72. The van der Waals surface area contributed by atoms with E-state index >= 15 is 0 Å². The van der Waals surface area contributed by atoms with Crippen molar-refractivity contribution in [2.75, 3.05) is 6.54 Å². The first kappa shape index (κ1) is 15.5. The average molecular weight is 304 g/mol. The Morgan fingerprint density at radius 3 is 2.77 bits per heavy atom. The number of piperidine rings is 1. The molecule has 3 atom stereocenters. The van der Waals surface area contributed by atoms with Crippen LogP contribution in [0.3, 0.4) is 0 Å². The zero-order valence-electron chi connectivity index (χ0n) is 13.7. The smallest absolute Gasteiger partial charge is 0.239 e. The van der Waals surface area contributed by atoms with Crippen molar-refractivity contribution in [3.05, 3.63) is 18.5 Å². The van der Waals surface area contributed by atoms with Crippen LogP contribution in [0.1, 0.15) is 58.4 Å².